The molecule has 3 aromatic heterocycles. The maximum Gasteiger partial charge on any atom is 0.259 e. The molecule has 144 valence electrons. The average Bonchev–Trinajstić information content (AvgIpc) is 3.26. The molecule has 0 saturated carbocycles. The van der Waals surface area contributed by atoms with Crippen LogP contribution in [0.3, 0.4) is 0 Å². The summed E-state index contributed by atoms with van der Waals surface area (Å²) in [6.07, 6.45) is 0.590. The van der Waals surface area contributed by atoms with Gasteiger partial charge in [0.2, 0.25) is 5.91 Å². The topological polar surface area (TPSA) is 108 Å². The summed E-state index contributed by atoms with van der Waals surface area (Å²) in [4.78, 5) is 33.6. The SMILES string of the molecule is Cc1sc2nc(CSC(C)C(=O)NCC(O)c3ccco3)[nH]c(=O)c2c1C. The molecule has 0 aliphatic rings. The number of fused-ring (bicyclic) bond motifs is 1. The first-order valence-corrected chi connectivity index (χ1v) is 10.3. The lowest BCUT2D eigenvalue weighted by molar-refractivity contribution is -0.120. The van der Waals surface area contributed by atoms with Crippen molar-refractivity contribution in [1.29, 1.82) is 0 Å². The third kappa shape index (κ3) is 4.42. The van der Waals surface area contributed by atoms with Crippen LogP contribution in [-0.2, 0) is 10.5 Å². The van der Waals surface area contributed by atoms with E-state index in [2.05, 4.69) is 15.3 Å². The number of H-pyrrole nitrogens is 1. The minimum Gasteiger partial charge on any atom is -0.467 e. The van der Waals surface area contributed by atoms with E-state index < -0.39 is 6.10 Å². The van der Waals surface area contributed by atoms with Crippen molar-refractivity contribution in [3.63, 3.8) is 0 Å². The van der Waals surface area contributed by atoms with Gasteiger partial charge in [-0.25, -0.2) is 4.98 Å². The maximum absolute atomic E-state index is 12.3. The van der Waals surface area contributed by atoms with Gasteiger partial charge in [0.05, 0.1) is 29.2 Å². The fourth-order valence-electron chi connectivity index (χ4n) is 2.57. The Kier molecular flexibility index (Phi) is 6.03. The highest BCUT2D eigenvalue weighted by Crippen LogP contribution is 2.26. The summed E-state index contributed by atoms with van der Waals surface area (Å²) in [5.74, 6) is 1.18. The van der Waals surface area contributed by atoms with Crippen molar-refractivity contribution >= 4 is 39.2 Å². The molecule has 7 nitrogen and oxygen atoms in total. The lowest BCUT2D eigenvalue weighted by atomic mass is 10.2. The van der Waals surface area contributed by atoms with Gasteiger partial charge in [0, 0.05) is 4.88 Å². The fraction of sp³-hybridized carbons (Fsp3) is 0.389. The second-order valence-corrected chi connectivity index (χ2v) is 8.74. The van der Waals surface area contributed by atoms with E-state index in [-0.39, 0.29) is 23.3 Å². The molecular formula is C18H21N3O4S2. The first-order chi connectivity index (χ1) is 12.9. The molecular weight excluding hydrogens is 386 g/mol. The van der Waals surface area contributed by atoms with Gasteiger partial charge in [-0.3, -0.25) is 9.59 Å². The van der Waals surface area contributed by atoms with Gasteiger partial charge in [0.15, 0.2) is 0 Å². The molecule has 1 amide bonds. The van der Waals surface area contributed by atoms with Gasteiger partial charge in [0.25, 0.3) is 5.56 Å². The number of thioether (sulfide) groups is 1. The molecule has 27 heavy (non-hydrogen) atoms. The molecule has 0 radical (unpaired) electrons. The van der Waals surface area contributed by atoms with E-state index >= 15 is 0 Å². The molecule has 3 heterocycles. The monoisotopic (exact) mass is 407 g/mol. The highest BCUT2D eigenvalue weighted by atomic mass is 32.2. The number of aliphatic hydroxyl groups is 1. The lowest BCUT2D eigenvalue weighted by Gasteiger charge is -2.13. The van der Waals surface area contributed by atoms with Crippen LogP contribution >= 0.6 is 23.1 Å². The zero-order valence-electron chi connectivity index (χ0n) is 15.2. The number of hydrogen-bond acceptors (Lipinski definition) is 7. The van der Waals surface area contributed by atoms with Gasteiger partial charge >= 0.3 is 0 Å². The minimum atomic E-state index is -0.883. The molecule has 9 heteroatoms. The molecule has 0 aliphatic heterocycles. The van der Waals surface area contributed by atoms with Gasteiger partial charge in [0.1, 0.15) is 22.5 Å². The number of hydrogen-bond donors (Lipinski definition) is 3. The first-order valence-electron chi connectivity index (χ1n) is 8.46. The van der Waals surface area contributed by atoms with Crippen LogP contribution < -0.4 is 10.9 Å². The van der Waals surface area contributed by atoms with E-state index in [1.165, 1.54) is 29.4 Å². The van der Waals surface area contributed by atoms with E-state index in [0.29, 0.717) is 22.7 Å². The lowest BCUT2D eigenvalue weighted by Crippen LogP contribution is -2.34. The largest absolute Gasteiger partial charge is 0.467 e. The number of nitrogens with zero attached hydrogens (tertiary/aromatic N) is 1. The molecule has 3 rings (SSSR count). The molecule has 0 aliphatic carbocycles. The van der Waals surface area contributed by atoms with Crippen molar-refractivity contribution in [3.05, 3.63) is 50.8 Å². The van der Waals surface area contributed by atoms with E-state index in [9.17, 15) is 14.7 Å². The highest BCUT2D eigenvalue weighted by Gasteiger charge is 2.18. The van der Waals surface area contributed by atoms with E-state index in [1.54, 1.807) is 19.1 Å². The number of rotatable bonds is 7. The Morgan fingerprint density at radius 3 is 2.96 bits per heavy atom. The van der Waals surface area contributed by atoms with Crippen LogP contribution in [-0.4, -0.2) is 32.8 Å². The Labute approximate surface area is 164 Å². The van der Waals surface area contributed by atoms with Crippen molar-refractivity contribution in [1.82, 2.24) is 15.3 Å². The van der Waals surface area contributed by atoms with Crippen molar-refractivity contribution in [3.8, 4) is 0 Å². The van der Waals surface area contributed by atoms with Crippen molar-refractivity contribution < 1.29 is 14.3 Å². The van der Waals surface area contributed by atoms with Crippen LogP contribution in [0.5, 0.6) is 0 Å². The molecule has 3 aromatic rings. The molecule has 2 atom stereocenters. The Morgan fingerprint density at radius 2 is 2.26 bits per heavy atom. The highest BCUT2D eigenvalue weighted by molar-refractivity contribution is 7.99. The Morgan fingerprint density at radius 1 is 1.48 bits per heavy atom. The number of carbonyl (C=O) groups excluding carboxylic acids is 1. The summed E-state index contributed by atoms with van der Waals surface area (Å²) in [6.45, 7) is 5.74. The van der Waals surface area contributed by atoms with E-state index in [4.69, 9.17) is 4.42 Å². The number of amides is 1. The van der Waals surface area contributed by atoms with Crippen LogP contribution in [0.1, 0.15) is 35.1 Å². The predicted octanol–water partition coefficient (Wildman–Crippen LogP) is 2.67. The Bertz CT molecular complexity index is 994. The van der Waals surface area contributed by atoms with Crippen LogP contribution in [0.25, 0.3) is 10.2 Å². The summed E-state index contributed by atoms with van der Waals surface area (Å²) in [5.41, 5.74) is 0.821. The van der Waals surface area contributed by atoms with Crippen LogP contribution in [0.15, 0.2) is 27.6 Å². The summed E-state index contributed by atoms with van der Waals surface area (Å²) < 4.78 is 5.10. The molecule has 3 N–H and O–H groups in total. The van der Waals surface area contributed by atoms with Crippen molar-refractivity contribution in [2.45, 2.75) is 37.9 Å². The smallest absolute Gasteiger partial charge is 0.259 e. The van der Waals surface area contributed by atoms with Gasteiger partial charge in [-0.2, -0.15) is 0 Å². The second kappa shape index (κ2) is 8.28. The quantitative estimate of drug-likeness (QED) is 0.556. The van der Waals surface area contributed by atoms with Gasteiger partial charge < -0.3 is 19.8 Å². The van der Waals surface area contributed by atoms with E-state index in [1.807, 2.05) is 13.8 Å². The van der Waals surface area contributed by atoms with Crippen LogP contribution in [0.4, 0.5) is 0 Å². The molecule has 0 bridgehead atoms. The van der Waals surface area contributed by atoms with Crippen molar-refractivity contribution in [2.24, 2.45) is 0 Å². The number of thiophene rings is 1. The number of aliphatic hydroxyl groups excluding tert-OH is 1. The van der Waals surface area contributed by atoms with Gasteiger partial charge in [-0.05, 0) is 38.5 Å². The second-order valence-electron chi connectivity index (χ2n) is 6.21. The molecule has 0 aromatic carbocycles. The summed E-state index contributed by atoms with van der Waals surface area (Å²) in [7, 11) is 0. The maximum atomic E-state index is 12.3. The number of carbonyl (C=O) groups is 1. The van der Waals surface area contributed by atoms with Crippen LogP contribution in [0.2, 0.25) is 0 Å². The fourth-order valence-corrected chi connectivity index (χ4v) is 4.40. The average molecular weight is 408 g/mol. The number of aromatic amines is 1. The molecule has 0 fully saturated rings. The number of aryl methyl sites for hydroxylation is 2. The number of nitrogens with one attached hydrogen (secondary N) is 2. The summed E-state index contributed by atoms with van der Waals surface area (Å²) >= 11 is 2.87. The predicted molar refractivity (Wildman–Crippen MR) is 107 cm³/mol. The van der Waals surface area contributed by atoms with Gasteiger partial charge in [-0.15, -0.1) is 23.1 Å². The Hall–Kier alpha value is -2.10. The zero-order chi connectivity index (χ0) is 19.6. The molecule has 0 spiro atoms. The summed E-state index contributed by atoms with van der Waals surface area (Å²) in [6, 6.07) is 3.33. The third-order valence-corrected chi connectivity index (χ3v) is 6.52. The molecule has 2 unspecified atom stereocenters. The Balaban J connectivity index is 1.57. The van der Waals surface area contributed by atoms with Crippen LogP contribution in [0, 0.1) is 13.8 Å². The minimum absolute atomic E-state index is 0.0754. The number of aromatic nitrogens is 2. The van der Waals surface area contributed by atoms with E-state index in [0.717, 1.165) is 15.3 Å². The zero-order valence-corrected chi connectivity index (χ0v) is 16.9. The summed E-state index contributed by atoms with van der Waals surface area (Å²) in [5, 5.41) is 12.9. The third-order valence-electron chi connectivity index (χ3n) is 4.27. The van der Waals surface area contributed by atoms with Gasteiger partial charge in [-0.1, -0.05) is 0 Å². The number of furan rings is 1. The first kappa shape index (κ1) is 19.7. The van der Waals surface area contributed by atoms with Crippen molar-refractivity contribution in [2.75, 3.05) is 6.54 Å². The normalized spacial score (nSPS) is 13.6. The standard InChI is InChI=1S/C18H21N3O4S2/c1-9-10(2)27-18-15(9)17(24)20-14(21-18)8-26-11(3)16(23)19-7-12(22)13-5-4-6-25-13/h4-6,11-12,22H,7-8H2,1-3H3,(H,19,23)(H,20,21,24). The molecule has 0 saturated heterocycles.